The Hall–Kier alpha value is -0.390. The van der Waals surface area contributed by atoms with Crippen molar-refractivity contribution in [3.05, 3.63) is 28.2 Å². The summed E-state index contributed by atoms with van der Waals surface area (Å²) in [6, 6.07) is 5.35. The van der Waals surface area contributed by atoms with E-state index in [1.165, 1.54) is 12.8 Å². The van der Waals surface area contributed by atoms with E-state index in [-0.39, 0.29) is 5.41 Å². The van der Waals surface area contributed by atoms with Crippen LogP contribution < -0.4 is 4.72 Å². The Balaban J connectivity index is 2.17. The molecule has 0 atom stereocenters. The van der Waals surface area contributed by atoms with Crippen LogP contribution in [-0.2, 0) is 10.0 Å². The maximum Gasteiger partial charge on any atom is 0.240 e. The van der Waals surface area contributed by atoms with Gasteiger partial charge in [0.15, 0.2) is 0 Å². The molecule has 5 heteroatoms. The zero-order valence-electron chi connectivity index (χ0n) is 12.1. The zero-order chi connectivity index (χ0) is 14.8. The predicted octanol–water partition coefficient (Wildman–Crippen LogP) is 4.01. The SMILES string of the molecule is CCC1(CNS(=O)(=O)c2cc(Br)ccc2C)CCCC1. The van der Waals surface area contributed by atoms with Gasteiger partial charge in [0.05, 0.1) is 4.90 Å². The van der Waals surface area contributed by atoms with Gasteiger partial charge in [0.25, 0.3) is 0 Å². The van der Waals surface area contributed by atoms with Crippen LogP contribution in [0.2, 0.25) is 0 Å². The Morgan fingerprint density at radius 3 is 2.55 bits per heavy atom. The molecule has 1 fully saturated rings. The number of sulfonamides is 1. The van der Waals surface area contributed by atoms with E-state index in [0.717, 1.165) is 29.3 Å². The van der Waals surface area contributed by atoms with Crippen molar-refractivity contribution in [1.29, 1.82) is 0 Å². The van der Waals surface area contributed by atoms with Gasteiger partial charge in [-0.15, -0.1) is 0 Å². The summed E-state index contributed by atoms with van der Waals surface area (Å²) in [4.78, 5) is 0.371. The summed E-state index contributed by atoms with van der Waals surface area (Å²) < 4.78 is 28.6. The van der Waals surface area contributed by atoms with Crippen molar-refractivity contribution >= 4 is 26.0 Å². The van der Waals surface area contributed by atoms with Gasteiger partial charge in [0, 0.05) is 11.0 Å². The lowest BCUT2D eigenvalue weighted by atomic mass is 9.84. The normalized spacial score (nSPS) is 18.4. The summed E-state index contributed by atoms with van der Waals surface area (Å²) in [5, 5.41) is 0. The number of halogens is 1. The van der Waals surface area contributed by atoms with Crippen LogP contribution in [0, 0.1) is 12.3 Å². The Kier molecular flexibility index (Phi) is 4.92. The number of nitrogens with one attached hydrogen (secondary N) is 1. The van der Waals surface area contributed by atoms with Crippen molar-refractivity contribution in [3.63, 3.8) is 0 Å². The number of benzene rings is 1. The van der Waals surface area contributed by atoms with Gasteiger partial charge in [-0.05, 0) is 49.3 Å². The first kappa shape index (κ1) is 16.0. The Labute approximate surface area is 130 Å². The standard InChI is InChI=1S/C15H22BrNO2S/c1-3-15(8-4-5-9-15)11-17-20(18,19)14-10-13(16)7-6-12(14)2/h6-7,10,17H,3-5,8-9,11H2,1-2H3. The number of hydrogen-bond acceptors (Lipinski definition) is 2. The minimum absolute atomic E-state index is 0.160. The molecule has 1 aromatic rings. The molecule has 20 heavy (non-hydrogen) atoms. The highest BCUT2D eigenvalue weighted by Gasteiger charge is 2.33. The van der Waals surface area contributed by atoms with Crippen LogP contribution in [0.5, 0.6) is 0 Å². The Bertz CT molecular complexity index is 578. The minimum Gasteiger partial charge on any atom is -0.211 e. The summed E-state index contributed by atoms with van der Waals surface area (Å²) in [7, 11) is -3.43. The summed E-state index contributed by atoms with van der Waals surface area (Å²) in [5.74, 6) is 0. The molecule has 112 valence electrons. The lowest BCUT2D eigenvalue weighted by Crippen LogP contribution is -2.35. The molecule has 1 aliphatic carbocycles. The van der Waals surface area contributed by atoms with Gasteiger partial charge in [0.2, 0.25) is 10.0 Å². The van der Waals surface area contributed by atoms with Crippen LogP contribution >= 0.6 is 15.9 Å². The van der Waals surface area contributed by atoms with E-state index < -0.39 is 10.0 Å². The molecule has 0 aromatic heterocycles. The van der Waals surface area contributed by atoms with Gasteiger partial charge in [-0.1, -0.05) is 41.8 Å². The maximum atomic E-state index is 12.5. The number of rotatable bonds is 5. The lowest BCUT2D eigenvalue weighted by Gasteiger charge is -2.27. The molecule has 0 bridgehead atoms. The van der Waals surface area contributed by atoms with Gasteiger partial charge in [0.1, 0.15) is 0 Å². The average Bonchev–Trinajstić information content (AvgIpc) is 2.89. The van der Waals surface area contributed by atoms with E-state index in [4.69, 9.17) is 0 Å². The number of hydrogen-bond donors (Lipinski definition) is 1. The molecule has 1 N–H and O–H groups in total. The molecule has 0 spiro atoms. The molecule has 0 unspecified atom stereocenters. The van der Waals surface area contributed by atoms with E-state index >= 15 is 0 Å². The topological polar surface area (TPSA) is 46.2 Å². The maximum absolute atomic E-state index is 12.5. The molecule has 1 saturated carbocycles. The summed E-state index contributed by atoms with van der Waals surface area (Å²) in [5.41, 5.74) is 0.935. The van der Waals surface area contributed by atoms with Gasteiger partial charge >= 0.3 is 0 Å². The molecule has 1 aliphatic rings. The van der Waals surface area contributed by atoms with Crippen LogP contribution in [0.25, 0.3) is 0 Å². The molecule has 3 nitrogen and oxygen atoms in total. The summed E-state index contributed by atoms with van der Waals surface area (Å²) >= 11 is 3.34. The van der Waals surface area contributed by atoms with Crippen LogP contribution in [0.1, 0.15) is 44.6 Å². The van der Waals surface area contributed by atoms with Crippen LogP contribution in [-0.4, -0.2) is 15.0 Å². The van der Waals surface area contributed by atoms with Crippen LogP contribution in [0.4, 0.5) is 0 Å². The fourth-order valence-corrected chi connectivity index (χ4v) is 4.91. The largest absolute Gasteiger partial charge is 0.240 e. The molecule has 1 aromatic carbocycles. The van der Waals surface area contributed by atoms with Gasteiger partial charge in [-0.2, -0.15) is 0 Å². The van der Waals surface area contributed by atoms with Gasteiger partial charge < -0.3 is 0 Å². The van der Waals surface area contributed by atoms with E-state index in [1.807, 2.05) is 19.1 Å². The number of aryl methyl sites for hydroxylation is 1. The Morgan fingerprint density at radius 2 is 1.95 bits per heavy atom. The quantitative estimate of drug-likeness (QED) is 0.863. The van der Waals surface area contributed by atoms with E-state index in [1.54, 1.807) is 6.07 Å². The van der Waals surface area contributed by atoms with Crippen molar-refractivity contribution in [1.82, 2.24) is 4.72 Å². The van der Waals surface area contributed by atoms with Gasteiger partial charge in [-0.25, -0.2) is 13.1 Å². The fraction of sp³-hybridized carbons (Fsp3) is 0.600. The highest BCUT2D eigenvalue weighted by Crippen LogP contribution is 2.40. The van der Waals surface area contributed by atoms with Crippen LogP contribution in [0.15, 0.2) is 27.6 Å². The van der Waals surface area contributed by atoms with Crippen molar-refractivity contribution in [3.8, 4) is 0 Å². The monoisotopic (exact) mass is 359 g/mol. The van der Waals surface area contributed by atoms with E-state index in [2.05, 4.69) is 27.6 Å². The molecule has 0 amide bonds. The van der Waals surface area contributed by atoms with E-state index in [0.29, 0.717) is 11.4 Å². The second kappa shape index (κ2) is 6.16. The highest BCUT2D eigenvalue weighted by molar-refractivity contribution is 9.10. The van der Waals surface area contributed by atoms with Crippen molar-refractivity contribution < 1.29 is 8.42 Å². The average molecular weight is 360 g/mol. The van der Waals surface area contributed by atoms with E-state index in [9.17, 15) is 8.42 Å². The highest BCUT2D eigenvalue weighted by atomic mass is 79.9. The van der Waals surface area contributed by atoms with Gasteiger partial charge in [-0.3, -0.25) is 0 Å². The third-order valence-corrected chi connectivity index (χ3v) is 6.53. The molecule has 0 saturated heterocycles. The molecular weight excluding hydrogens is 338 g/mol. The molecule has 2 rings (SSSR count). The lowest BCUT2D eigenvalue weighted by molar-refractivity contribution is 0.285. The minimum atomic E-state index is -3.43. The third kappa shape index (κ3) is 3.43. The van der Waals surface area contributed by atoms with Crippen LogP contribution in [0.3, 0.4) is 0 Å². The van der Waals surface area contributed by atoms with Crippen molar-refractivity contribution in [2.45, 2.75) is 50.8 Å². The predicted molar refractivity (Wildman–Crippen MR) is 85.3 cm³/mol. The molecule has 0 heterocycles. The van der Waals surface area contributed by atoms with Crippen molar-refractivity contribution in [2.75, 3.05) is 6.54 Å². The second-order valence-electron chi connectivity index (χ2n) is 5.80. The first-order chi connectivity index (χ1) is 9.38. The Morgan fingerprint density at radius 1 is 1.30 bits per heavy atom. The second-order valence-corrected chi connectivity index (χ2v) is 8.45. The van der Waals surface area contributed by atoms with Crippen molar-refractivity contribution in [2.24, 2.45) is 5.41 Å². The third-order valence-electron chi connectivity index (χ3n) is 4.49. The smallest absolute Gasteiger partial charge is 0.211 e. The first-order valence-corrected chi connectivity index (χ1v) is 9.42. The summed E-state index contributed by atoms with van der Waals surface area (Å²) in [6.07, 6.45) is 5.72. The zero-order valence-corrected chi connectivity index (χ0v) is 14.5. The molecule has 0 aliphatic heterocycles. The summed E-state index contributed by atoms with van der Waals surface area (Å²) in [6.45, 7) is 4.54. The fourth-order valence-electron chi connectivity index (χ4n) is 2.97. The molecular formula is C15H22BrNO2S. The first-order valence-electron chi connectivity index (χ1n) is 7.14. The molecule has 0 radical (unpaired) electrons.